The zero-order valence-corrected chi connectivity index (χ0v) is 21.3. The van der Waals surface area contributed by atoms with Gasteiger partial charge in [0, 0.05) is 16.1 Å². The van der Waals surface area contributed by atoms with E-state index in [4.69, 9.17) is 16.3 Å². The van der Waals surface area contributed by atoms with Crippen molar-refractivity contribution in [3.63, 3.8) is 0 Å². The van der Waals surface area contributed by atoms with Crippen molar-refractivity contribution in [2.75, 3.05) is 20.6 Å². The lowest BCUT2D eigenvalue weighted by Gasteiger charge is -2.30. The van der Waals surface area contributed by atoms with E-state index in [1.807, 2.05) is 83.1 Å². The highest BCUT2D eigenvalue weighted by atomic mass is 35.5. The quantitative estimate of drug-likeness (QED) is 0.390. The number of halogens is 1. The Morgan fingerprint density at radius 3 is 2.21 bits per heavy atom. The van der Waals surface area contributed by atoms with E-state index in [9.17, 15) is 4.79 Å². The fraction of sp³-hybridized carbons (Fsp3) is 0.345. The number of ketones is 1. The molecule has 3 nitrogen and oxygen atoms in total. The topological polar surface area (TPSA) is 29.5 Å². The van der Waals surface area contributed by atoms with Crippen molar-refractivity contribution in [3.05, 3.63) is 70.2 Å². The normalized spacial score (nSPS) is 12.5. The number of hydrogen-bond acceptors (Lipinski definition) is 3. The molecule has 172 valence electrons. The summed E-state index contributed by atoms with van der Waals surface area (Å²) >= 11 is 6.20. The second-order valence-corrected chi connectivity index (χ2v) is 10.0. The third-order valence-electron chi connectivity index (χ3n) is 5.36. The Morgan fingerprint density at radius 2 is 1.67 bits per heavy atom. The Kier molecular flexibility index (Phi) is 7.65. The van der Waals surface area contributed by atoms with Crippen LogP contribution >= 0.6 is 11.6 Å². The first-order valence-corrected chi connectivity index (χ1v) is 11.5. The summed E-state index contributed by atoms with van der Waals surface area (Å²) in [4.78, 5) is 15.0. The highest BCUT2D eigenvalue weighted by molar-refractivity contribution is 6.30. The number of ether oxygens (including phenoxy) is 1. The molecular weight excluding hydrogens is 430 g/mol. The van der Waals surface area contributed by atoms with E-state index in [-0.39, 0.29) is 5.78 Å². The zero-order valence-electron chi connectivity index (χ0n) is 20.5. The molecule has 0 aliphatic carbocycles. The van der Waals surface area contributed by atoms with Crippen molar-refractivity contribution in [1.29, 1.82) is 0 Å². The minimum Gasteiger partial charge on any atom is -0.360 e. The fourth-order valence-electron chi connectivity index (χ4n) is 3.99. The number of carbonyl (C=O) groups is 1. The Labute approximate surface area is 202 Å². The van der Waals surface area contributed by atoms with E-state index >= 15 is 0 Å². The van der Waals surface area contributed by atoms with Crippen LogP contribution in [0.4, 0.5) is 0 Å². The first-order valence-electron chi connectivity index (χ1n) is 11.1. The minimum atomic E-state index is -0.713. The first kappa shape index (κ1) is 25.0. The van der Waals surface area contributed by atoms with Crippen molar-refractivity contribution in [2.45, 2.75) is 46.3 Å². The lowest BCUT2D eigenvalue weighted by Crippen LogP contribution is -2.27. The van der Waals surface area contributed by atoms with Gasteiger partial charge in [0.25, 0.3) is 0 Å². The van der Waals surface area contributed by atoms with Crippen molar-refractivity contribution in [2.24, 2.45) is 0 Å². The number of fused-ring (bicyclic) bond motifs is 1. The molecule has 1 unspecified atom stereocenters. The van der Waals surface area contributed by atoms with E-state index in [0.717, 1.165) is 38.6 Å². The summed E-state index contributed by atoms with van der Waals surface area (Å²) in [7, 11) is 4.00. The van der Waals surface area contributed by atoms with Gasteiger partial charge in [-0.1, -0.05) is 59.8 Å². The summed E-state index contributed by atoms with van der Waals surface area (Å²) in [5.41, 5.74) is 4.25. The van der Waals surface area contributed by atoms with Crippen LogP contribution in [0, 0.1) is 18.8 Å². The minimum absolute atomic E-state index is 0.0364. The predicted molar refractivity (Wildman–Crippen MR) is 139 cm³/mol. The van der Waals surface area contributed by atoms with Gasteiger partial charge in [-0.25, -0.2) is 0 Å². The molecule has 3 rings (SSSR count). The van der Waals surface area contributed by atoms with Crippen molar-refractivity contribution in [1.82, 2.24) is 4.90 Å². The van der Waals surface area contributed by atoms with Gasteiger partial charge in [-0.05, 0) is 88.3 Å². The molecule has 0 fully saturated rings. The maximum absolute atomic E-state index is 13.0. The molecule has 3 aromatic rings. The number of rotatable bonds is 5. The summed E-state index contributed by atoms with van der Waals surface area (Å²) in [5, 5.41) is 2.77. The second kappa shape index (κ2) is 10.1. The second-order valence-electron chi connectivity index (χ2n) is 9.60. The molecule has 0 aromatic heterocycles. The van der Waals surface area contributed by atoms with E-state index in [0.29, 0.717) is 11.6 Å². The van der Waals surface area contributed by atoms with Gasteiger partial charge in [-0.15, -0.1) is 0 Å². The molecule has 0 spiro atoms. The van der Waals surface area contributed by atoms with E-state index in [2.05, 4.69) is 24.0 Å². The maximum Gasteiger partial charge on any atom is 0.163 e. The van der Waals surface area contributed by atoms with E-state index < -0.39 is 11.7 Å². The largest absolute Gasteiger partial charge is 0.360 e. The SMILES string of the molecule is CC(=O)C(OC(C)(C)C)c1c(C)c(C#CCN(C)C)c2ccccc2c1-c1ccc(Cl)cc1. The molecule has 0 aliphatic rings. The average molecular weight is 462 g/mol. The van der Waals surface area contributed by atoms with Crippen LogP contribution in [0.2, 0.25) is 5.02 Å². The zero-order chi connectivity index (χ0) is 24.3. The van der Waals surface area contributed by atoms with Gasteiger partial charge in [0.1, 0.15) is 6.10 Å². The van der Waals surface area contributed by atoms with Gasteiger partial charge in [-0.3, -0.25) is 9.69 Å². The van der Waals surface area contributed by atoms with E-state index in [1.165, 1.54) is 0 Å². The van der Waals surface area contributed by atoms with Crippen LogP contribution in [0.5, 0.6) is 0 Å². The Morgan fingerprint density at radius 1 is 1.06 bits per heavy atom. The summed E-state index contributed by atoms with van der Waals surface area (Å²) in [6.07, 6.45) is -0.713. The van der Waals surface area contributed by atoms with Crippen LogP contribution in [0.15, 0.2) is 48.5 Å². The molecule has 1 atom stereocenters. The van der Waals surface area contributed by atoms with Gasteiger partial charge < -0.3 is 4.74 Å². The third-order valence-corrected chi connectivity index (χ3v) is 5.61. The number of Topliss-reactive ketones (excluding diaryl/α,β-unsaturated/α-hetero) is 1. The lowest BCUT2D eigenvalue weighted by atomic mass is 9.83. The first-order chi connectivity index (χ1) is 15.5. The van der Waals surface area contributed by atoms with Crippen molar-refractivity contribution >= 4 is 28.2 Å². The smallest absolute Gasteiger partial charge is 0.163 e. The van der Waals surface area contributed by atoms with Crippen molar-refractivity contribution in [3.8, 4) is 23.0 Å². The van der Waals surface area contributed by atoms with Crippen LogP contribution in [0.3, 0.4) is 0 Å². The fourth-order valence-corrected chi connectivity index (χ4v) is 4.12. The van der Waals surface area contributed by atoms with E-state index in [1.54, 1.807) is 6.92 Å². The van der Waals surface area contributed by atoms with Crippen molar-refractivity contribution < 1.29 is 9.53 Å². The van der Waals surface area contributed by atoms with Crippen LogP contribution in [-0.4, -0.2) is 36.9 Å². The molecule has 3 aromatic carbocycles. The number of carbonyl (C=O) groups excluding carboxylic acids is 1. The third kappa shape index (κ3) is 5.84. The monoisotopic (exact) mass is 461 g/mol. The molecule has 4 heteroatoms. The van der Waals surface area contributed by atoms with Crippen LogP contribution in [0.1, 0.15) is 50.5 Å². The number of hydrogen-bond donors (Lipinski definition) is 0. The van der Waals surface area contributed by atoms with Gasteiger partial charge in [0.15, 0.2) is 5.78 Å². The summed E-state index contributed by atoms with van der Waals surface area (Å²) in [6, 6.07) is 16.0. The standard InChI is InChI=1S/C29H32ClNO2/c1-19-23(13-10-18-31(6)7)24-11-8-9-12-25(24)27(21-14-16-22(30)17-15-21)26(19)28(20(2)32)33-29(3,4)5/h8-9,11-12,14-17,28H,18H2,1-7H3. The van der Waals surface area contributed by atoms with Crippen LogP contribution in [-0.2, 0) is 9.53 Å². The van der Waals surface area contributed by atoms with Gasteiger partial charge in [0.05, 0.1) is 12.1 Å². The number of nitrogens with zero attached hydrogens (tertiary/aromatic N) is 1. The maximum atomic E-state index is 13.0. The Bertz CT molecular complexity index is 1220. The summed E-state index contributed by atoms with van der Waals surface area (Å²) < 4.78 is 6.37. The van der Waals surface area contributed by atoms with Gasteiger partial charge in [0.2, 0.25) is 0 Å². The molecule has 0 radical (unpaired) electrons. The molecular formula is C29H32ClNO2. The molecule has 0 saturated carbocycles. The Balaban J connectivity index is 2.45. The summed E-state index contributed by atoms with van der Waals surface area (Å²) in [6.45, 7) is 10.2. The van der Waals surface area contributed by atoms with Gasteiger partial charge in [-0.2, -0.15) is 0 Å². The lowest BCUT2D eigenvalue weighted by molar-refractivity contribution is -0.138. The average Bonchev–Trinajstić information content (AvgIpc) is 2.73. The molecule has 0 heterocycles. The van der Waals surface area contributed by atoms with Crippen LogP contribution in [0.25, 0.3) is 21.9 Å². The Hall–Kier alpha value is -2.64. The molecule has 33 heavy (non-hydrogen) atoms. The van der Waals surface area contributed by atoms with Gasteiger partial charge >= 0.3 is 0 Å². The predicted octanol–water partition coefficient (Wildman–Crippen LogP) is 6.83. The highest BCUT2D eigenvalue weighted by Gasteiger charge is 2.30. The molecule has 0 aliphatic heterocycles. The number of benzene rings is 3. The highest BCUT2D eigenvalue weighted by Crippen LogP contribution is 2.42. The summed E-state index contributed by atoms with van der Waals surface area (Å²) in [5.74, 6) is 6.63. The molecule has 0 saturated heterocycles. The van der Waals surface area contributed by atoms with Crippen LogP contribution < -0.4 is 0 Å². The molecule has 0 N–H and O–H groups in total. The molecule has 0 amide bonds. The molecule has 0 bridgehead atoms.